The Hall–Kier alpha value is -3.45. The zero-order valence-electron chi connectivity index (χ0n) is 17.3. The molecule has 5 N–H and O–H groups in total. The van der Waals surface area contributed by atoms with Gasteiger partial charge in [0.2, 0.25) is 11.8 Å². The maximum absolute atomic E-state index is 12.5. The molecule has 2 aliphatic heterocycles. The van der Waals surface area contributed by atoms with E-state index in [1.54, 1.807) is 13.0 Å². The van der Waals surface area contributed by atoms with Crippen molar-refractivity contribution in [3.8, 4) is 5.75 Å². The number of piperazine rings is 1. The monoisotopic (exact) mass is 446 g/mol. The van der Waals surface area contributed by atoms with E-state index < -0.39 is 55.1 Å². The van der Waals surface area contributed by atoms with Crippen molar-refractivity contribution in [2.24, 2.45) is 5.73 Å². The summed E-state index contributed by atoms with van der Waals surface area (Å²) in [5, 5.41) is 21.9. The van der Waals surface area contributed by atoms with Crippen LogP contribution in [0.5, 0.6) is 5.75 Å². The minimum absolute atomic E-state index is 0.0173. The quantitative estimate of drug-likeness (QED) is 0.278. The van der Waals surface area contributed by atoms with Crippen LogP contribution in [-0.4, -0.2) is 88.3 Å². The van der Waals surface area contributed by atoms with E-state index in [0.29, 0.717) is 12.1 Å². The van der Waals surface area contributed by atoms with Gasteiger partial charge in [-0.25, -0.2) is 4.79 Å². The zero-order chi connectivity index (χ0) is 23.6. The van der Waals surface area contributed by atoms with Gasteiger partial charge in [-0.15, -0.1) is 0 Å². The normalized spacial score (nSPS) is 19.2. The van der Waals surface area contributed by atoms with Crippen LogP contribution >= 0.6 is 0 Å². The molecule has 4 amide bonds. The first kappa shape index (κ1) is 23.2. The number of likely N-dealkylation sites (N-methyl/N-ethyl adjacent to an activating group) is 1. The van der Waals surface area contributed by atoms with Crippen molar-refractivity contribution < 1.29 is 38.8 Å². The van der Waals surface area contributed by atoms with E-state index in [4.69, 9.17) is 10.4 Å². The number of rotatable bonds is 6. The molecule has 0 radical (unpaired) electrons. The first-order valence-electron chi connectivity index (χ1n) is 10.0. The number of hydrogen-bond acceptors (Lipinski definition) is 8. The lowest BCUT2D eigenvalue weighted by Crippen LogP contribution is -2.58. The van der Waals surface area contributed by atoms with Crippen LogP contribution in [0.15, 0.2) is 18.2 Å². The van der Waals surface area contributed by atoms with E-state index in [1.807, 2.05) is 0 Å². The highest BCUT2D eigenvalue weighted by molar-refractivity contribution is 6.47. The van der Waals surface area contributed by atoms with Crippen LogP contribution < -0.4 is 15.7 Å². The van der Waals surface area contributed by atoms with Gasteiger partial charge in [-0.1, -0.05) is 12.1 Å². The molecule has 2 heterocycles. The molecular formula is C19H23BN4O8. The molecule has 2 atom stereocenters. The highest BCUT2D eigenvalue weighted by Crippen LogP contribution is 2.30. The number of carbonyl (C=O) groups is 5. The fourth-order valence-corrected chi connectivity index (χ4v) is 3.61. The molecule has 0 spiro atoms. The molecule has 32 heavy (non-hydrogen) atoms. The summed E-state index contributed by atoms with van der Waals surface area (Å²) in [6.07, 6.45) is -0.434. The third-order valence-electron chi connectivity index (χ3n) is 5.40. The maximum atomic E-state index is 12.5. The number of nitrogens with one attached hydrogen (secondary N) is 1. The van der Waals surface area contributed by atoms with Crippen molar-refractivity contribution in [2.75, 3.05) is 19.6 Å². The summed E-state index contributed by atoms with van der Waals surface area (Å²) in [7, 11) is -1.53. The van der Waals surface area contributed by atoms with Gasteiger partial charge < -0.3 is 30.7 Å². The van der Waals surface area contributed by atoms with Crippen LogP contribution in [-0.2, 0) is 25.6 Å². The van der Waals surface area contributed by atoms with Gasteiger partial charge in [0.1, 0.15) is 5.75 Å². The van der Waals surface area contributed by atoms with Crippen LogP contribution in [0.2, 0.25) is 0 Å². The summed E-state index contributed by atoms with van der Waals surface area (Å²) in [6, 6.07) is 3.12. The Morgan fingerprint density at radius 3 is 2.66 bits per heavy atom. The Kier molecular flexibility index (Phi) is 6.79. The van der Waals surface area contributed by atoms with Crippen molar-refractivity contribution in [3.63, 3.8) is 0 Å². The number of fused-ring (bicyclic) bond motifs is 1. The van der Waals surface area contributed by atoms with Gasteiger partial charge in [0, 0.05) is 19.6 Å². The predicted molar refractivity (Wildman–Crippen MR) is 109 cm³/mol. The van der Waals surface area contributed by atoms with Gasteiger partial charge in [-0.2, -0.15) is 0 Å². The Morgan fingerprint density at radius 2 is 2.00 bits per heavy atom. The standard InChI is InChI=1S/C19H23BN4O8/c1-2-23-6-7-24(18(28)17(23)27)14(25)9-12(21)16(26)22-13-8-10-4-3-5-11(19(29)30)15(10)32-20(13)31/h3-5,12-13,31H,2,6-9,21H2,1H3,(H,22,26)(H,29,30)/t12-,13-/m0/s1. The van der Waals surface area contributed by atoms with Crippen LogP contribution in [0.25, 0.3) is 0 Å². The summed E-state index contributed by atoms with van der Waals surface area (Å²) in [5.41, 5.74) is 6.17. The van der Waals surface area contributed by atoms with Crippen LogP contribution in [0.4, 0.5) is 0 Å². The number of carboxylic acid groups (broad SMARTS) is 1. The van der Waals surface area contributed by atoms with Gasteiger partial charge >= 0.3 is 24.9 Å². The number of para-hydroxylation sites is 1. The fraction of sp³-hybridized carbons (Fsp3) is 0.421. The number of nitrogens with zero attached hydrogens (tertiary/aromatic N) is 2. The van der Waals surface area contributed by atoms with E-state index in [0.717, 1.165) is 4.90 Å². The minimum atomic E-state index is -1.53. The SMILES string of the molecule is CCN1CCN(C(=O)C[C@H](N)C(=O)N[C@H]2Cc3cccc(C(=O)O)c3OB2O)C(=O)C1=O. The first-order valence-corrected chi connectivity index (χ1v) is 10.0. The Bertz CT molecular complexity index is 971. The van der Waals surface area contributed by atoms with E-state index in [2.05, 4.69) is 5.32 Å². The number of carboxylic acids is 1. The molecule has 1 aromatic rings. The number of hydrogen-bond donors (Lipinski definition) is 4. The summed E-state index contributed by atoms with van der Waals surface area (Å²) in [5.74, 6) is -5.40. The summed E-state index contributed by atoms with van der Waals surface area (Å²) in [4.78, 5) is 62.4. The highest BCUT2D eigenvalue weighted by Gasteiger charge is 2.40. The second-order valence-corrected chi connectivity index (χ2v) is 7.47. The Balaban J connectivity index is 1.61. The number of aromatic carboxylic acids is 1. The lowest BCUT2D eigenvalue weighted by atomic mass is 9.72. The third kappa shape index (κ3) is 4.58. The average Bonchev–Trinajstić information content (AvgIpc) is 2.75. The molecule has 170 valence electrons. The molecule has 0 saturated carbocycles. The molecule has 1 saturated heterocycles. The molecule has 2 aliphatic rings. The van der Waals surface area contributed by atoms with Gasteiger partial charge in [0.05, 0.1) is 24.0 Å². The molecule has 1 aromatic carbocycles. The number of nitrogens with two attached hydrogens (primary N) is 1. The van der Waals surface area contributed by atoms with Gasteiger partial charge in [-0.3, -0.25) is 24.1 Å². The van der Waals surface area contributed by atoms with E-state index in [9.17, 15) is 34.1 Å². The second-order valence-electron chi connectivity index (χ2n) is 7.47. The van der Waals surface area contributed by atoms with Crippen molar-refractivity contribution >= 4 is 36.7 Å². The van der Waals surface area contributed by atoms with Crippen molar-refractivity contribution in [3.05, 3.63) is 29.3 Å². The smallest absolute Gasteiger partial charge is 0.534 e. The molecule has 0 bridgehead atoms. The molecule has 0 aromatic heterocycles. The van der Waals surface area contributed by atoms with Crippen LogP contribution in [0.3, 0.4) is 0 Å². The Morgan fingerprint density at radius 1 is 1.28 bits per heavy atom. The molecule has 13 heteroatoms. The zero-order valence-corrected chi connectivity index (χ0v) is 17.3. The number of amides is 4. The largest absolute Gasteiger partial charge is 0.547 e. The predicted octanol–water partition coefficient (Wildman–Crippen LogP) is -2.24. The summed E-state index contributed by atoms with van der Waals surface area (Å²) >= 11 is 0. The topological polar surface area (TPSA) is 180 Å². The molecular weight excluding hydrogens is 423 g/mol. The molecule has 12 nitrogen and oxygen atoms in total. The molecule has 0 aliphatic carbocycles. The minimum Gasteiger partial charge on any atom is -0.534 e. The third-order valence-corrected chi connectivity index (χ3v) is 5.40. The van der Waals surface area contributed by atoms with Gasteiger partial charge in [0.25, 0.3) is 0 Å². The first-order chi connectivity index (χ1) is 15.1. The lowest BCUT2D eigenvalue weighted by Gasteiger charge is -2.32. The average molecular weight is 446 g/mol. The second kappa shape index (κ2) is 9.36. The van der Waals surface area contributed by atoms with E-state index >= 15 is 0 Å². The van der Waals surface area contributed by atoms with E-state index in [-0.39, 0.29) is 30.8 Å². The van der Waals surface area contributed by atoms with Gasteiger partial charge in [0.15, 0.2) is 0 Å². The van der Waals surface area contributed by atoms with Crippen molar-refractivity contribution in [2.45, 2.75) is 31.7 Å². The van der Waals surface area contributed by atoms with Crippen molar-refractivity contribution in [1.82, 2.24) is 15.1 Å². The van der Waals surface area contributed by atoms with Gasteiger partial charge in [-0.05, 0) is 25.0 Å². The van der Waals surface area contributed by atoms with Crippen LogP contribution in [0, 0.1) is 0 Å². The number of benzene rings is 1. The molecule has 0 unspecified atom stereocenters. The van der Waals surface area contributed by atoms with E-state index in [1.165, 1.54) is 17.0 Å². The maximum Gasteiger partial charge on any atom is 0.547 e. The fourth-order valence-electron chi connectivity index (χ4n) is 3.61. The van der Waals surface area contributed by atoms with Crippen molar-refractivity contribution in [1.29, 1.82) is 0 Å². The lowest BCUT2D eigenvalue weighted by molar-refractivity contribution is -0.161. The summed E-state index contributed by atoms with van der Waals surface area (Å²) in [6.45, 7) is 2.28. The molecule has 1 fully saturated rings. The number of carbonyl (C=O) groups excluding carboxylic acids is 4. The highest BCUT2D eigenvalue weighted by atomic mass is 16.5. The van der Waals surface area contributed by atoms with Crippen LogP contribution in [0.1, 0.15) is 29.3 Å². The summed E-state index contributed by atoms with van der Waals surface area (Å²) < 4.78 is 5.30. The number of imide groups is 1. The Labute approximate surface area is 183 Å². The molecule has 3 rings (SSSR count).